The minimum absolute atomic E-state index is 0.00623. The molecule has 0 unspecified atom stereocenters. The third kappa shape index (κ3) is 7.07. The van der Waals surface area contributed by atoms with E-state index in [2.05, 4.69) is 0 Å². The summed E-state index contributed by atoms with van der Waals surface area (Å²) < 4.78 is 35.5. The Morgan fingerprint density at radius 2 is 1.67 bits per heavy atom. The first-order valence-corrected chi connectivity index (χ1v) is 15.5. The molecule has 0 spiro atoms. The molecule has 2 N–H and O–H groups in total. The molecule has 0 bridgehead atoms. The van der Waals surface area contributed by atoms with Crippen LogP contribution in [0.5, 0.6) is 5.75 Å². The maximum absolute atomic E-state index is 13.9. The Hall–Kier alpha value is -3.77. The van der Waals surface area contributed by atoms with Gasteiger partial charge in [-0.2, -0.15) is 4.31 Å². The van der Waals surface area contributed by atoms with Crippen LogP contribution in [-0.2, 0) is 16.6 Å². The van der Waals surface area contributed by atoms with Gasteiger partial charge in [0.15, 0.2) is 0 Å². The van der Waals surface area contributed by atoms with Crippen LogP contribution in [0.2, 0.25) is 0 Å². The van der Waals surface area contributed by atoms with Gasteiger partial charge in [-0.25, -0.2) is 13.2 Å². The highest BCUT2D eigenvalue weighted by Gasteiger charge is 2.38. The monoisotopic (exact) mass is 609 g/mol. The number of fused-ring (bicyclic) bond motifs is 1. The van der Waals surface area contributed by atoms with E-state index >= 15 is 0 Å². The molecule has 3 atom stereocenters. The van der Waals surface area contributed by atoms with E-state index in [0.717, 1.165) is 11.1 Å². The molecule has 43 heavy (non-hydrogen) atoms. The largest absolute Gasteiger partial charge is 0.487 e. The Morgan fingerprint density at radius 3 is 2.30 bits per heavy atom. The van der Waals surface area contributed by atoms with E-state index in [1.807, 2.05) is 31.0 Å². The van der Waals surface area contributed by atoms with Gasteiger partial charge in [-0.1, -0.05) is 43.3 Å². The lowest BCUT2D eigenvalue weighted by Gasteiger charge is -2.37. The maximum Gasteiger partial charge on any atom is 0.336 e. The minimum Gasteiger partial charge on any atom is -0.487 e. The number of carboxylic acids is 1. The maximum atomic E-state index is 13.9. The third-order valence-corrected chi connectivity index (χ3v) is 9.74. The van der Waals surface area contributed by atoms with Gasteiger partial charge in [0.25, 0.3) is 5.91 Å². The van der Waals surface area contributed by atoms with Crippen LogP contribution in [0.1, 0.15) is 40.1 Å². The highest BCUT2D eigenvalue weighted by atomic mass is 32.2. The van der Waals surface area contributed by atoms with Crippen molar-refractivity contribution < 1.29 is 33.0 Å². The van der Waals surface area contributed by atoms with Gasteiger partial charge in [-0.3, -0.25) is 9.69 Å². The molecule has 3 aromatic carbocycles. The number of hydrogen-bond acceptors (Lipinski definition) is 7. The molecule has 1 amide bonds. The van der Waals surface area contributed by atoms with Gasteiger partial charge in [0.2, 0.25) is 10.0 Å². The molecular formula is C32H39N3O7S. The Kier molecular flexibility index (Phi) is 9.91. The molecule has 0 saturated heterocycles. The molecule has 0 fully saturated rings. The lowest BCUT2D eigenvalue weighted by Crippen LogP contribution is -2.49. The predicted octanol–water partition coefficient (Wildman–Crippen LogP) is 3.65. The van der Waals surface area contributed by atoms with E-state index in [4.69, 9.17) is 4.74 Å². The number of rotatable bonds is 9. The number of carbonyl (C=O) groups is 2. The van der Waals surface area contributed by atoms with Crippen molar-refractivity contribution in [2.24, 2.45) is 5.92 Å². The summed E-state index contributed by atoms with van der Waals surface area (Å²) in [6, 6.07) is 18.2. The molecule has 0 saturated carbocycles. The lowest BCUT2D eigenvalue weighted by molar-refractivity contribution is 0.0686. The van der Waals surface area contributed by atoms with Crippen LogP contribution in [0.15, 0.2) is 71.6 Å². The molecule has 10 nitrogen and oxygen atoms in total. The van der Waals surface area contributed by atoms with Gasteiger partial charge in [0.1, 0.15) is 16.7 Å². The normalized spacial score (nSPS) is 19.0. The fraction of sp³-hybridized carbons (Fsp3) is 0.375. The van der Waals surface area contributed by atoms with Crippen LogP contribution >= 0.6 is 0 Å². The first-order chi connectivity index (χ1) is 20.3. The predicted molar refractivity (Wildman–Crippen MR) is 164 cm³/mol. The van der Waals surface area contributed by atoms with E-state index in [1.54, 1.807) is 69.6 Å². The van der Waals surface area contributed by atoms with Gasteiger partial charge >= 0.3 is 5.97 Å². The molecule has 1 aliphatic rings. The molecule has 0 radical (unpaired) electrons. The van der Waals surface area contributed by atoms with Crippen LogP contribution < -0.4 is 4.74 Å². The Balaban J connectivity index is 1.71. The van der Waals surface area contributed by atoms with Crippen LogP contribution in [0, 0.1) is 5.92 Å². The molecule has 0 aliphatic carbocycles. The van der Waals surface area contributed by atoms with Gasteiger partial charge in [-0.05, 0) is 61.0 Å². The molecule has 1 aliphatic heterocycles. The number of amides is 1. The smallest absolute Gasteiger partial charge is 0.336 e. The van der Waals surface area contributed by atoms with Gasteiger partial charge in [0.05, 0.1) is 12.2 Å². The van der Waals surface area contributed by atoms with Crippen LogP contribution in [-0.4, -0.2) is 97.6 Å². The zero-order chi connectivity index (χ0) is 31.5. The molecule has 0 aromatic heterocycles. The van der Waals surface area contributed by atoms with Crippen molar-refractivity contribution in [1.82, 2.24) is 14.1 Å². The van der Waals surface area contributed by atoms with E-state index in [9.17, 15) is 28.2 Å². The number of sulfonamides is 1. The molecule has 3 aromatic rings. The summed E-state index contributed by atoms with van der Waals surface area (Å²) in [5.41, 5.74) is 2.93. The number of ether oxygens (including phenoxy) is 1. The summed E-state index contributed by atoms with van der Waals surface area (Å²) in [4.78, 5) is 27.5. The number of nitrogens with zero attached hydrogens (tertiary/aromatic N) is 3. The van der Waals surface area contributed by atoms with Gasteiger partial charge in [-0.15, -0.1) is 0 Å². The van der Waals surface area contributed by atoms with Crippen molar-refractivity contribution >= 4 is 21.9 Å². The lowest BCUT2D eigenvalue weighted by atomic mass is 10.0. The summed E-state index contributed by atoms with van der Waals surface area (Å²) in [6.45, 7) is 4.12. The topological polar surface area (TPSA) is 128 Å². The van der Waals surface area contributed by atoms with Crippen LogP contribution in [0.25, 0.3) is 11.1 Å². The highest BCUT2D eigenvalue weighted by molar-refractivity contribution is 7.89. The quantitative estimate of drug-likeness (QED) is 0.377. The fourth-order valence-corrected chi connectivity index (χ4v) is 7.04. The first kappa shape index (κ1) is 32.2. The average molecular weight is 610 g/mol. The van der Waals surface area contributed by atoms with Crippen molar-refractivity contribution in [2.45, 2.75) is 37.4 Å². The van der Waals surface area contributed by atoms with Crippen molar-refractivity contribution in [3.63, 3.8) is 0 Å². The zero-order valence-electron chi connectivity index (χ0n) is 25.1. The van der Waals surface area contributed by atoms with Crippen molar-refractivity contribution in [3.05, 3.63) is 83.4 Å². The standard InChI is InChI=1S/C32H39N3O7S/c1-21-17-35(22(2)20-36)43(40,41)30-15-14-25(23-10-12-24(13-11-23)31(37)33(3)4)16-28(30)42-29(21)19-34(5)18-26-8-6-7-9-27(26)32(38)39/h6-16,21-22,29,36H,17-20H2,1-5H3,(H,38,39)/t21-,22-,29-/m0/s1. The molecule has 11 heteroatoms. The number of likely N-dealkylation sites (N-methyl/N-ethyl adjacent to an activating group) is 1. The third-order valence-electron chi connectivity index (χ3n) is 7.72. The van der Waals surface area contributed by atoms with E-state index in [-0.39, 0.29) is 41.2 Å². The first-order valence-electron chi connectivity index (χ1n) is 14.1. The molecular weight excluding hydrogens is 570 g/mol. The summed E-state index contributed by atoms with van der Waals surface area (Å²) in [6.07, 6.45) is -0.458. The number of aromatic carboxylic acids is 1. The summed E-state index contributed by atoms with van der Waals surface area (Å²) in [5, 5.41) is 19.5. The zero-order valence-corrected chi connectivity index (χ0v) is 25.9. The second-order valence-electron chi connectivity index (χ2n) is 11.3. The van der Waals surface area contributed by atoms with E-state index in [0.29, 0.717) is 24.2 Å². The summed E-state index contributed by atoms with van der Waals surface area (Å²) in [7, 11) is 1.23. The number of benzene rings is 3. The van der Waals surface area contributed by atoms with E-state index in [1.165, 1.54) is 15.3 Å². The van der Waals surface area contributed by atoms with Crippen molar-refractivity contribution in [2.75, 3.05) is 40.8 Å². The second-order valence-corrected chi connectivity index (χ2v) is 13.2. The van der Waals surface area contributed by atoms with Crippen LogP contribution in [0.3, 0.4) is 0 Å². The fourth-order valence-electron chi connectivity index (χ4n) is 5.22. The Labute approximate surface area is 253 Å². The average Bonchev–Trinajstić information content (AvgIpc) is 2.98. The highest BCUT2D eigenvalue weighted by Crippen LogP contribution is 2.36. The number of aliphatic hydroxyl groups excluding tert-OH is 1. The van der Waals surface area contributed by atoms with Crippen LogP contribution in [0.4, 0.5) is 0 Å². The van der Waals surface area contributed by atoms with Gasteiger partial charge < -0.3 is 19.8 Å². The SMILES string of the molecule is C[C@H]1CN([C@@H](C)CO)S(=O)(=O)c2ccc(-c3ccc(C(=O)N(C)C)cc3)cc2O[C@H]1CN(C)Cc1ccccc1C(=O)O. The van der Waals surface area contributed by atoms with Gasteiger partial charge in [0, 0.05) is 51.3 Å². The summed E-state index contributed by atoms with van der Waals surface area (Å²) >= 11 is 0. The van der Waals surface area contributed by atoms with Crippen molar-refractivity contribution in [3.8, 4) is 16.9 Å². The van der Waals surface area contributed by atoms with E-state index < -0.39 is 28.1 Å². The summed E-state index contributed by atoms with van der Waals surface area (Å²) in [5.74, 6) is -1.20. The minimum atomic E-state index is -4.01. The Bertz CT molecular complexity index is 1570. The molecule has 230 valence electrons. The molecule has 4 rings (SSSR count). The number of carbonyl (C=O) groups excluding carboxylic acids is 1. The number of aliphatic hydroxyl groups is 1. The van der Waals surface area contributed by atoms with Crippen molar-refractivity contribution in [1.29, 1.82) is 0 Å². The number of hydrogen-bond donors (Lipinski definition) is 2. The second kappa shape index (κ2) is 13.3. The molecule has 1 heterocycles. The Morgan fingerprint density at radius 1 is 1.02 bits per heavy atom. The number of carboxylic acid groups (broad SMARTS) is 1.